The fraction of sp³-hybridized carbons (Fsp3) is 0.267. The van der Waals surface area contributed by atoms with Crippen LogP contribution in [0.4, 0.5) is 0 Å². The lowest BCUT2D eigenvalue weighted by Crippen LogP contribution is -2.34. The van der Waals surface area contributed by atoms with Crippen LogP contribution >= 0.6 is 0 Å². The molecule has 1 aromatic heterocycles. The normalized spacial score (nSPS) is 13.3. The van der Waals surface area contributed by atoms with Crippen molar-refractivity contribution in [2.24, 2.45) is 0 Å². The summed E-state index contributed by atoms with van der Waals surface area (Å²) in [6.45, 7) is 1.27. The second-order valence-corrected chi connectivity index (χ2v) is 5.04. The van der Waals surface area contributed by atoms with Gasteiger partial charge in [-0.25, -0.2) is 4.79 Å². The second kappa shape index (κ2) is 7.03. The first-order valence-electron chi connectivity index (χ1n) is 6.88. The molecule has 1 aromatic carbocycles. The summed E-state index contributed by atoms with van der Waals surface area (Å²) in [6.07, 6.45) is -2.28. The van der Waals surface area contributed by atoms with Gasteiger partial charge in [-0.3, -0.25) is 9.89 Å². The number of carboxylic acids is 1. The average Bonchev–Trinajstić information content (AvgIpc) is 3.02. The van der Waals surface area contributed by atoms with Gasteiger partial charge in [-0.1, -0.05) is 24.3 Å². The molecule has 2 atom stereocenters. The van der Waals surface area contributed by atoms with Crippen molar-refractivity contribution < 1.29 is 24.9 Å². The fourth-order valence-electron chi connectivity index (χ4n) is 2.01. The minimum Gasteiger partial charge on any atom is -0.477 e. The Hall–Kier alpha value is -2.71. The summed E-state index contributed by atoms with van der Waals surface area (Å²) in [6, 6.07) is 7.93. The number of aromatic nitrogens is 2. The minimum absolute atomic E-state index is 0.0187. The van der Waals surface area contributed by atoms with Crippen molar-refractivity contribution >= 4 is 11.9 Å². The highest BCUT2D eigenvalue weighted by Crippen LogP contribution is 2.22. The number of aromatic carboxylic acids is 1. The molecule has 0 saturated carbocycles. The third kappa shape index (κ3) is 4.15. The van der Waals surface area contributed by atoms with Crippen molar-refractivity contribution in [1.82, 2.24) is 15.5 Å². The van der Waals surface area contributed by atoms with Crippen LogP contribution in [0, 0.1) is 0 Å². The maximum absolute atomic E-state index is 10.8. The van der Waals surface area contributed by atoms with E-state index in [-0.39, 0.29) is 18.1 Å². The average molecular weight is 319 g/mol. The van der Waals surface area contributed by atoms with E-state index < -0.39 is 18.2 Å². The molecule has 0 aliphatic heterocycles. The summed E-state index contributed by atoms with van der Waals surface area (Å²) >= 11 is 0. The zero-order valence-corrected chi connectivity index (χ0v) is 12.4. The number of nitrogens with zero attached hydrogens (tertiary/aromatic N) is 1. The van der Waals surface area contributed by atoms with E-state index in [4.69, 9.17) is 5.11 Å². The van der Waals surface area contributed by atoms with Gasteiger partial charge in [0.1, 0.15) is 17.9 Å². The third-order valence-electron chi connectivity index (χ3n) is 3.28. The first-order chi connectivity index (χ1) is 10.9. The molecule has 0 saturated heterocycles. The Balaban J connectivity index is 2.08. The fourth-order valence-corrected chi connectivity index (χ4v) is 2.01. The number of hydrogen-bond donors (Lipinski definition) is 5. The molecule has 8 heteroatoms. The van der Waals surface area contributed by atoms with E-state index in [9.17, 15) is 19.8 Å². The van der Waals surface area contributed by atoms with Gasteiger partial charge in [-0.05, 0) is 11.6 Å². The predicted octanol–water partition coefficient (Wildman–Crippen LogP) is 0.305. The summed E-state index contributed by atoms with van der Waals surface area (Å²) in [7, 11) is 0. The van der Waals surface area contributed by atoms with Gasteiger partial charge in [0.05, 0.1) is 5.69 Å². The summed E-state index contributed by atoms with van der Waals surface area (Å²) in [5, 5.41) is 37.4. The van der Waals surface area contributed by atoms with Crippen LogP contribution in [0.15, 0.2) is 30.3 Å². The van der Waals surface area contributed by atoms with E-state index in [1.54, 1.807) is 24.3 Å². The number of hydrogen-bond acceptors (Lipinski definition) is 5. The molecule has 2 aromatic rings. The maximum atomic E-state index is 10.8. The zero-order chi connectivity index (χ0) is 17.0. The highest BCUT2D eigenvalue weighted by atomic mass is 16.4. The molecule has 0 fully saturated rings. The number of nitrogens with one attached hydrogen (secondary N) is 2. The Kier molecular flexibility index (Phi) is 5.09. The van der Waals surface area contributed by atoms with E-state index >= 15 is 0 Å². The van der Waals surface area contributed by atoms with Gasteiger partial charge in [-0.15, -0.1) is 0 Å². The number of H-pyrrole nitrogens is 1. The predicted molar refractivity (Wildman–Crippen MR) is 80.6 cm³/mol. The molecule has 5 N–H and O–H groups in total. The molecule has 0 aliphatic rings. The topological polar surface area (TPSA) is 136 Å². The van der Waals surface area contributed by atoms with Crippen LogP contribution < -0.4 is 5.32 Å². The molecular formula is C15H17N3O5. The molecule has 2 unspecified atom stereocenters. The van der Waals surface area contributed by atoms with Crippen LogP contribution in [-0.4, -0.2) is 50.0 Å². The standard InChI is InChI=1S/C15H17N3O5/c1-8(19)16-7-13(20)14(21)10-4-2-9(3-5-10)11-6-12(15(22)23)18-17-11/h2-6,13-14,20-21H,7H2,1H3,(H,16,19)(H,17,18)(H,22,23). The number of aromatic amines is 1. The number of carbonyl (C=O) groups is 2. The smallest absolute Gasteiger partial charge is 0.353 e. The lowest BCUT2D eigenvalue weighted by Gasteiger charge is -2.18. The van der Waals surface area contributed by atoms with Crippen molar-refractivity contribution in [1.29, 1.82) is 0 Å². The van der Waals surface area contributed by atoms with Crippen molar-refractivity contribution in [3.63, 3.8) is 0 Å². The van der Waals surface area contributed by atoms with Crippen molar-refractivity contribution in [3.05, 3.63) is 41.6 Å². The highest BCUT2D eigenvalue weighted by Gasteiger charge is 2.19. The number of aliphatic hydroxyl groups excluding tert-OH is 2. The Morgan fingerprint density at radius 2 is 1.91 bits per heavy atom. The van der Waals surface area contributed by atoms with Gasteiger partial charge < -0.3 is 20.6 Å². The SMILES string of the molecule is CC(=O)NCC(O)C(O)c1ccc(-c2cc(C(=O)O)[nH]n2)cc1. The summed E-state index contributed by atoms with van der Waals surface area (Å²) in [4.78, 5) is 21.6. The Morgan fingerprint density at radius 1 is 1.26 bits per heavy atom. The lowest BCUT2D eigenvalue weighted by atomic mass is 10.0. The van der Waals surface area contributed by atoms with Crippen molar-refractivity contribution in [2.45, 2.75) is 19.1 Å². The molecule has 8 nitrogen and oxygen atoms in total. The minimum atomic E-state index is -1.15. The molecule has 2 rings (SSSR count). The van der Waals surface area contributed by atoms with E-state index in [1.807, 2.05) is 0 Å². The molecule has 1 heterocycles. The quantitative estimate of drug-likeness (QED) is 0.520. The van der Waals surface area contributed by atoms with Crippen LogP contribution in [-0.2, 0) is 4.79 Å². The van der Waals surface area contributed by atoms with Crippen molar-refractivity contribution in [2.75, 3.05) is 6.54 Å². The number of benzene rings is 1. The van der Waals surface area contributed by atoms with Gasteiger partial charge in [0.15, 0.2) is 0 Å². The number of carbonyl (C=O) groups excluding carboxylic acids is 1. The second-order valence-electron chi connectivity index (χ2n) is 5.04. The molecule has 0 aliphatic carbocycles. The molecular weight excluding hydrogens is 302 g/mol. The monoisotopic (exact) mass is 319 g/mol. The van der Waals surface area contributed by atoms with Crippen molar-refractivity contribution in [3.8, 4) is 11.3 Å². The Bertz CT molecular complexity index is 695. The highest BCUT2D eigenvalue weighted by molar-refractivity contribution is 5.86. The first-order valence-corrected chi connectivity index (χ1v) is 6.88. The van der Waals surface area contributed by atoms with Gasteiger partial charge in [0.25, 0.3) is 0 Å². The number of rotatable bonds is 6. The zero-order valence-electron chi connectivity index (χ0n) is 12.4. The number of amides is 1. The molecule has 23 heavy (non-hydrogen) atoms. The van der Waals surface area contributed by atoms with Gasteiger partial charge in [0.2, 0.25) is 5.91 Å². The van der Waals surface area contributed by atoms with Crippen LogP contribution in [0.1, 0.15) is 29.1 Å². The Morgan fingerprint density at radius 3 is 2.43 bits per heavy atom. The largest absolute Gasteiger partial charge is 0.477 e. The van der Waals surface area contributed by atoms with E-state index in [1.165, 1.54) is 13.0 Å². The summed E-state index contributed by atoms with van der Waals surface area (Å²) in [5.74, 6) is -1.39. The van der Waals surface area contributed by atoms with Gasteiger partial charge in [-0.2, -0.15) is 5.10 Å². The van der Waals surface area contributed by atoms with E-state index in [0.717, 1.165) is 0 Å². The van der Waals surface area contributed by atoms with Crippen LogP contribution in [0.3, 0.4) is 0 Å². The summed E-state index contributed by atoms with van der Waals surface area (Å²) < 4.78 is 0. The molecule has 0 bridgehead atoms. The van der Waals surface area contributed by atoms with Gasteiger partial charge >= 0.3 is 5.97 Å². The molecule has 122 valence electrons. The molecule has 1 amide bonds. The maximum Gasteiger partial charge on any atom is 0.353 e. The van der Waals surface area contributed by atoms with E-state index in [2.05, 4.69) is 15.5 Å². The van der Waals surface area contributed by atoms with Crippen LogP contribution in [0.2, 0.25) is 0 Å². The lowest BCUT2D eigenvalue weighted by molar-refractivity contribution is -0.119. The summed E-state index contributed by atoms with van der Waals surface area (Å²) in [5.41, 5.74) is 1.58. The van der Waals surface area contributed by atoms with Crippen LogP contribution in [0.25, 0.3) is 11.3 Å². The van der Waals surface area contributed by atoms with Crippen LogP contribution in [0.5, 0.6) is 0 Å². The number of carboxylic acid groups (broad SMARTS) is 1. The first kappa shape index (κ1) is 16.7. The number of aliphatic hydroxyl groups is 2. The Labute approximate surface area is 131 Å². The van der Waals surface area contributed by atoms with E-state index in [0.29, 0.717) is 16.8 Å². The third-order valence-corrected chi connectivity index (χ3v) is 3.28. The molecule has 0 spiro atoms. The molecule has 0 radical (unpaired) electrons. The van der Waals surface area contributed by atoms with Gasteiger partial charge in [0, 0.05) is 19.0 Å².